The first-order valence-corrected chi connectivity index (χ1v) is 7.17. The molecule has 0 bridgehead atoms. The second-order valence-corrected chi connectivity index (χ2v) is 5.04. The van der Waals surface area contributed by atoms with Crippen LogP contribution in [0, 0.1) is 6.92 Å². The Balaban J connectivity index is 1.59. The highest BCUT2D eigenvalue weighted by atomic mass is 16.3. The number of hydrogen-bond acceptors (Lipinski definition) is 5. The molecule has 6 heteroatoms. The van der Waals surface area contributed by atoms with Crippen molar-refractivity contribution in [2.24, 2.45) is 0 Å². The van der Waals surface area contributed by atoms with Gasteiger partial charge in [0, 0.05) is 5.69 Å². The molecule has 0 saturated carbocycles. The zero-order chi connectivity index (χ0) is 16.1. The van der Waals surface area contributed by atoms with Crippen LogP contribution >= 0.6 is 0 Å². The maximum atomic E-state index is 12.1. The number of anilines is 2. The summed E-state index contributed by atoms with van der Waals surface area (Å²) in [6, 6.07) is 11.2. The first-order chi connectivity index (χ1) is 11.2. The Hall–Kier alpha value is -3.15. The highest BCUT2D eigenvalue weighted by Crippen LogP contribution is 2.11. The average molecular weight is 308 g/mol. The van der Waals surface area contributed by atoms with E-state index in [1.807, 2.05) is 43.3 Å². The molecule has 2 N–H and O–H groups in total. The van der Waals surface area contributed by atoms with E-state index in [1.165, 1.54) is 12.4 Å². The summed E-state index contributed by atoms with van der Waals surface area (Å²) in [4.78, 5) is 20.4. The number of rotatable bonds is 5. The molecule has 2 aromatic heterocycles. The number of nitrogens with one attached hydrogen (secondary N) is 2. The normalized spacial score (nSPS) is 10.3. The molecule has 6 nitrogen and oxygen atoms in total. The van der Waals surface area contributed by atoms with E-state index in [1.54, 1.807) is 6.26 Å². The third-order valence-corrected chi connectivity index (χ3v) is 3.22. The molecule has 1 aromatic carbocycles. The molecule has 0 spiro atoms. The van der Waals surface area contributed by atoms with Gasteiger partial charge in [-0.15, -0.1) is 0 Å². The number of carbonyl (C=O) groups is 1. The molecule has 0 atom stereocenters. The van der Waals surface area contributed by atoms with Gasteiger partial charge in [0.15, 0.2) is 0 Å². The summed E-state index contributed by atoms with van der Waals surface area (Å²) in [5.41, 5.74) is 2.12. The average Bonchev–Trinajstić information content (AvgIpc) is 3.09. The van der Waals surface area contributed by atoms with E-state index in [4.69, 9.17) is 4.42 Å². The second kappa shape index (κ2) is 6.74. The van der Waals surface area contributed by atoms with Gasteiger partial charge in [-0.25, -0.2) is 9.97 Å². The summed E-state index contributed by atoms with van der Waals surface area (Å²) in [6.45, 7) is 2.50. The van der Waals surface area contributed by atoms with Crippen molar-refractivity contribution < 1.29 is 9.21 Å². The van der Waals surface area contributed by atoms with Gasteiger partial charge >= 0.3 is 0 Å². The fraction of sp³-hybridized carbons (Fsp3) is 0.118. The first-order valence-electron chi connectivity index (χ1n) is 7.17. The zero-order valence-corrected chi connectivity index (χ0v) is 12.6. The van der Waals surface area contributed by atoms with Crippen molar-refractivity contribution in [1.29, 1.82) is 0 Å². The maximum absolute atomic E-state index is 12.1. The Kier molecular flexibility index (Phi) is 4.33. The Labute approximate surface area is 133 Å². The standard InChI is InChI=1S/C17H16N4O2/c1-12-4-6-13(7-5-12)21-17(22)15-10-20-16(11-18-15)19-9-14-3-2-8-23-14/h2-8,10-11H,9H2,1H3,(H,19,20)(H,21,22). The predicted molar refractivity (Wildman–Crippen MR) is 87.2 cm³/mol. The minimum Gasteiger partial charge on any atom is -0.467 e. The van der Waals surface area contributed by atoms with Crippen LogP contribution in [-0.2, 0) is 6.54 Å². The van der Waals surface area contributed by atoms with Crippen LogP contribution < -0.4 is 10.6 Å². The summed E-state index contributed by atoms with van der Waals surface area (Å²) in [5, 5.41) is 5.85. The monoisotopic (exact) mass is 308 g/mol. The zero-order valence-electron chi connectivity index (χ0n) is 12.6. The van der Waals surface area contributed by atoms with Crippen LogP contribution in [-0.4, -0.2) is 15.9 Å². The predicted octanol–water partition coefficient (Wildman–Crippen LogP) is 3.24. The van der Waals surface area contributed by atoms with Gasteiger partial charge in [0.1, 0.15) is 17.3 Å². The van der Waals surface area contributed by atoms with E-state index in [0.29, 0.717) is 12.4 Å². The number of furan rings is 1. The van der Waals surface area contributed by atoms with Crippen LogP contribution in [0.25, 0.3) is 0 Å². The number of hydrogen-bond donors (Lipinski definition) is 2. The van der Waals surface area contributed by atoms with Crippen LogP contribution in [0.1, 0.15) is 21.8 Å². The van der Waals surface area contributed by atoms with Crippen LogP contribution in [0.2, 0.25) is 0 Å². The molecule has 0 unspecified atom stereocenters. The van der Waals surface area contributed by atoms with Gasteiger partial charge in [-0.05, 0) is 31.2 Å². The lowest BCUT2D eigenvalue weighted by Crippen LogP contribution is -2.14. The highest BCUT2D eigenvalue weighted by molar-refractivity contribution is 6.02. The summed E-state index contributed by atoms with van der Waals surface area (Å²) < 4.78 is 5.22. The van der Waals surface area contributed by atoms with Crippen LogP contribution in [0.3, 0.4) is 0 Å². The molecule has 1 amide bonds. The van der Waals surface area contributed by atoms with Crippen molar-refractivity contribution in [3.63, 3.8) is 0 Å². The van der Waals surface area contributed by atoms with Crippen LogP contribution in [0.4, 0.5) is 11.5 Å². The number of benzene rings is 1. The molecule has 3 rings (SSSR count). The summed E-state index contributed by atoms with van der Waals surface area (Å²) in [7, 11) is 0. The third-order valence-electron chi connectivity index (χ3n) is 3.22. The Morgan fingerprint density at radius 2 is 1.96 bits per heavy atom. The smallest absolute Gasteiger partial charge is 0.275 e. The number of aryl methyl sites for hydroxylation is 1. The number of amides is 1. The van der Waals surface area contributed by atoms with Gasteiger partial charge in [-0.1, -0.05) is 17.7 Å². The molecule has 23 heavy (non-hydrogen) atoms. The summed E-state index contributed by atoms with van der Waals surface area (Å²) in [5.74, 6) is 1.08. The topological polar surface area (TPSA) is 80.0 Å². The van der Waals surface area contributed by atoms with Crippen molar-refractivity contribution in [2.45, 2.75) is 13.5 Å². The molecule has 0 aliphatic rings. The lowest BCUT2D eigenvalue weighted by molar-refractivity contribution is 0.102. The molecular formula is C17H16N4O2. The van der Waals surface area contributed by atoms with Crippen molar-refractivity contribution in [3.8, 4) is 0 Å². The summed E-state index contributed by atoms with van der Waals surface area (Å²) in [6.07, 6.45) is 4.57. The highest BCUT2D eigenvalue weighted by Gasteiger charge is 2.08. The molecule has 0 radical (unpaired) electrons. The molecule has 0 aliphatic heterocycles. The van der Waals surface area contributed by atoms with E-state index in [-0.39, 0.29) is 11.6 Å². The molecule has 0 saturated heterocycles. The SMILES string of the molecule is Cc1ccc(NC(=O)c2cnc(NCc3ccco3)cn2)cc1. The van der Waals surface area contributed by atoms with Crippen LogP contribution in [0.15, 0.2) is 59.5 Å². The van der Waals surface area contributed by atoms with E-state index in [2.05, 4.69) is 20.6 Å². The van der Waals surface area contributed by atoms with Crippen LogP contribution in [0.5, 0.6) is 0 Å². The van der Waals surface area contributed by atoms with E-state index in [9.17, 15) is 4.79 Å². The lowest BCUT2D eigenvalue weighted by Gasteiger charge is -2.06. The fourth-order valence-corrected chi connectivity index (χ4v) is 1.96. The minimum atomic E-state index is -0.293. The quantitative estimate of drug-likeness (QED) is 0.756. The second-order valence-electron chi connectivity index (χ2n) is 5.04. The van der Waals surface area contributed by atoms with Crippen molar-refractivity contribution in [3.05, 3.63) is 72.1 Å². The third kappa shape index (κ3) is 3.94. The fourth-order valence-electron chi connectivity index (χ4n) is 1.96. The number of carbonyl (C=O) groups excluding carboxylic acids is 1. The van der Waals surface area contributed by atoms with Gasteiger partial charge in [0.05, 0.1) is 25.2 Å². The summed E-state index contributed by atoms with van der Waals surface area (Å²) >= 11 is 0. The van der Waals surface area contributed by atoms with Gasteiger partial charge < -0.3 is 15.1 Å². The molecule has 2 heterocycles. The maximum Gasteiger partial charge on any atom is 0.275 e. The van der Waals surface area contributed by atoms with E-state index < -0.39 is 0 Å². The largest absolute Gasteiger partial charge is 0.467 e. The van der Waals surface area contributed by atoms with Gasteiger partial charge in [-0.2, -0.15) is 0 Å². The van der Waals surface area contributed by atoms with Crippen molar-refractivity contribution in [1.82, 2.24) is 9.97 Å². The first kappa shape index (κ1) is 14.8. The molecule has 3 aromatic rings. The van der Waals surface area contributed by atoms with E-state index in [0.717, 1.165) is 17.0 Å². The van der Waals surface area contributed by atoms with Gasteiger partial charge in [0.25, 0.3) is 5.91 Å². The molecule has 0 aliphatic carbocycles. The molecule has 116 valence electrons. The number of nitrogens with zero attached hydrogens (tertiary/aromatic N) is 2. The Bertz CT molecular complexity index is 765. The van der Waals surface area contributed by atoms with Gasteiger partial charge in [0.2, 0.25) is 0 Å². The van der Waals surface area contributed by atoms with Crippen molar-refractivity contribution in [2.75, 3.05) is 10.6 Å². The van der Waals surface area contributed by atoms with Gasteiger partial charge in [-0.3, -0.25) is 4.79 Å². The Morgan fingerprint density at radius 3 is 2.61 bits per heavy atom. The van der Waals surface area contributed by atoms with E-state index >= 15 is 0 Å². The van der Waals surface area contributed by atoms with Crippen molar-refractivity contribution >= 4 is 17.4 Å². The minimum absolute atomic E-state index is 0.258. The Morgan fingerprint density at radius 1 is 1.13 bits per heavy atom. The number of aromatic nitrogens is 2. The molecule has 0 fully saturated rings. The lowest BCUT2D eigenvalue weighted by atomic mass is 10.2. The molecular weight excluding hydrogens is 292 g/mol.